The summed E-state index contributed by atoms with van der Waals surface area (Å²) in [5.41, 5.74) is -3.20. The number of phenolic OH excluding ortho intramolecular Hbond substituents is 4. The van der Waals surface area contributed by atoms with Gasteiger partial charge in [-0.1, -0.05) is 99.5 Å². The van der Waals surface area contributed by atoms with Gasteiger partial charge in [-0.3, -0.25) is 33.6 Å². The van der Waals surface area contributed by atoms with Crippen LogP contribution >= 0.6 is 23.2 Å². The van der Waals surface area contributed by atoms with Crippen molar-refractivity contribution < 1.29 is 142 Å². The van der Waals surface area contributed by atoms with Crippen molar-refractivity contribution in [2.75, 3.05) is 20.8 Å². The Morgan fingerprint density at radius 3 is 1.90 bits per heavy atom. The predicted octanol–water partition coefficient (Wildman–Crippen LogP) is 3.88. The molecule has 37 nitrogen and oxygen atoms in total. The Hall–Kier alpha value is -11.9. The minimum atomic E-state index is -2.45. The number of nitrogens with one attached hydrogen (secondary N) is 8. The molecule has 0 radical (unpaired) electrons. The summed E-state index contributed by atoms with van der Waals surface area (Å²) in [5.74, 6) is -18.2. The van der Waals surface area contributed by atoms with Crippen LogP contribution in [0.4, 0.5) is 0 Å². The van der Waals surface area contributed by atoms with Gasteiger partial charge in [-0.15, -0.1) is 0 Å². The van der Waals surface area contributed by atoms with E-state index in [-0.39, 0.29) is 34.8 Å². The van der Waals surface area contributed by atoms with Crippen molar-refractivity contribution in [3.05, 3.63) is 164 Å². The van der Waals surface area contributed by atoms with E-state index in [0.717, 1.165) is 106 Å². The number of benzene rings is 7. The summed E-state index contributed by atoms with van der Waals surface area (Å²) < 4.78 is 49.4. The third kappa shape index (κ3) is 18.8. The fourth-order valence-corrected chi connectivity index (χ4v) is 15.6. The van der Waals surface area contributed by atoms with Crippen molar-refractivity contribution in [1.29, 1.82) is 0 Å². The summed E-state index contributed by atoms with van der Waals surface area (Å²) >= 11 is 14.2. The molecule has 648 valence electrons. The maximum Gasteiger partial charge on any atom is 0.337 e. The standard InChI is InChI=1S/C83H88Cl2N8O29/c1-33(2)10-8-6-5-7-9-11-56(99)88-65-68(102)70(104)73(81(114)115-4)122-82(65)121-72-53-26-38-27-54(72)118-50-21-16-37(24-45(50)84)66(100)64-79(111)92-63(80(112)113)43-28-39(95)29-52(119-83-71(105)69(103)67(101)55(32-94)120-83)57(43)42-23-35(14-19-47(42)96)60(76(108)93-64)89-77(109)61(38)90-78(110)62-44-30-41(31-49(98)58(44)85)117-51-25-36(15-20-48(51)97)59(86-3)75(107)87-46(74(106)91-62)22-34-12-17-40(116-53)18-13-34/h12-21,23-31,33,46,55,59-71,73,82-83,86,94-98,100-105H,5-11,22,32H2,1-4H3,(H,87,107)(H,88,99)(H,89,109)(H,90,110)(H,91,106)(H,92,111)(H,93,108)(H,112,113)/t46-,55-,59+,60-,61-,62+,63+,64+,65-,66-,67-,68-,69+,70+,71+,73+,82-,83+/m1/s1. The van der Waals surface area contributed by atoms with Crippen molar-refractivity contribution in [2.24, 2.45) is 5.92 Å². The van der Waals surface area contributed by atoms with Crippen LogP contribution in [0.3, 0.4) is 0 Å². The van der Waals surface area contributed by atoms with Crippen LogP contribution in [-0.2, 0) is 63.8 Å². The number of halogens is 2. The number of aliphatic hydroxyl groups is 7. The number of phenols is 4. The minimum absolute atomic E-state index is 0.129. The highest BCUT2D eigenvalue weighted by atomic mass is 35.5. The Kier molecular flexibility index (Phi) is 26.8. The van der Waals surface area contributed by atoms with Gasteiger partial charge in [0.1, 0.15) is 125 Å². The Morgan fingerprint density at radius 1 is 0.557 bits per heavy atom. The molecule has 0 aliphatic carbocycles. The maximum atomic E-state index is 16.7. The second kappa shape index (κ2) is 37.2. The highest BCUT2D eigenvalue weighted by Gasteiger charge is 2.52. The van der Waals surface area contributed by atoms with Crippen molar-refractivity contribution in [2.45, 2.75) is 175 Å². The van der Waals surface area contributed by atoms with Crippen LogP contribution in [0, 0.1) is 5.92 Å². The molecule has 15 rings (SSSR count). The number of carbonyl (C=O) groups excluding carboxylic acids is 8. The number of methoxy groups -OCH3 is 1. The van der Waals surface area contributed by atoms with Gasteiger partial charge in [0.15, 0.2) is 35.1 Å². The highest BCUT2D eigenvalue weighted by molar-refractivity contribution is 6.33. The Morgan fingerprint density at radius 2 is 1.20 bits per heavy atom. The normalized spacial score (nSPS) is 26.5. The number of fused-ring (bicyclic) bond motifs is 14. The molecule has 2 fully saturated rings. The first kappa shape index (κ1) is 88.0. The molecule has 122 heavy (non-hydrogen) atoms. The van der Waals surface area contributed by atoms with E-state index < -0.39 is 271 Å². The number of ether oxygens (including phenoxy) is 8. The van der Waals surface area contributed by atoms with Crippen molar-refractivity contribution in [1.82, 2.24) is 42.5 Å². The molecule has 17 bridgehead atoms. The van der Waals surface area contributed by atoms with Crippen LogP contribution in [0.2, 0.25) is 10.0 Å². The summed E-state index contributed by atoms with van der Waals surface area (Å²) in [6.07, 6.45) is -16.8. The molecule has 0 unspecified atom stereocenters. The second-order valence-corrected chi connectivity index (χ2v) is 31.2. The summed E-state index contributed by atoms with van der Waals surface area (Å²) in [5, 5.41) is 157. The molecule has 0 spiro atoms. The number of aliphatic carboxylic acids is 1. The zero-order valence-electron chi connectivity index (χ0n) is 65.4. The third-order valence-electron chi connectivity index (χ3n) is 21.6. The number of likely N-dealkylation sites (N-methyl/N-ethyl adjacent to an activating group) is 1. The Labute approximate surface area is 704 Å². The van der Waals surface area contributed by atoms with Crippen LogP contribution in [0.5, 0.6) is 69.0 Å². The molecular weight excluding hydrogens is 1640 g/mol. The largest absolute Gasteiger partial charge is 0.508 e. The van der Waals surface area contributed by atoms with Crippen LogP contribution in [0.1, 0.15) is 134 Å². The molecule has 0 saturated carbocycles. The van der Waals surface area contributed by atoms with E-state index in [2.05, 4.69) is 56.4 Å². The molecule has 18 atom stereocenters. The monoisotopic (exact) mass is 1730 g/mol. The number of rotatable bonds is 17. The van der Waals surface area contributed by atoms with E-state index >= 15 is 24.0 Å². The Balaban J connectivity index is 1.05. The molecular formula is C83H88Cl2N8O29. The molecule has 20 N–H and O–H groups in total. The topological polar surface area (TPSA) is 566 Å². The number of aromatic hydroxyl groups is 4. The fourth-order valence-electron chi connectivity index (χ4n) is 15.1. The maximum absolute atomic E-state index is 16.7. The number of carboxylic acid groups (broad SMARTS) is 1. The fraction of sp³-hybridized carbons (Fsp3) is 0.386. The quantitative estimate of drug-likeness (QED) is 0.0454. The van der Waals surface area contributed by atoms with Gasteiger partial charge in [0.05, 0.1) is 23.8 Å². The number of amides is 7. The molecule has 7 amide bonds. The van der Waals surface area contributed by atoms with E-state index in [1.165, 1.54) is 49.5 Å². The Bertz CT molecular complexity index is 5200. The van der Waals surface area contributed by atoms with Crippen molar-refractivity contribution in [3.63, 3.8) is 0 Å². The summed E-state index contributed by atoms with van der Waals surface area (Å²) in [7, 11) is 2.38. The summed E-state index contributed by atoms with van der Waals surface area (Å²) in [6.45, 7) is 3.23. The number of hydrogen-bond acceptors (Lipinski definition) is 29. The number of hydrogen-bond donors (Lipinski definition) is 20. The molecule has 8 heterocycles. The number of unbranched alkanes of at least 4 members (excludes halogenated alkanes) is 4. The van der Waals surface area contributed by atoms with Crippen LogP contribution in [0.25, 0.3) is 11.1 Å². The molecule has 7 aromatic rings. The van der Waals surface area contributed by atoms with Gasteiger partial charge < -0.3 is 142 Å². The van der Waals surface area contributed by atoms with Gasteiger partial charge in [0.2, 0.25) is 59.7 Å². The smallest absolute Gasteiger partial charge is 0.337 e. The van der Waals surface area contributed by atoms with E-state index in [1.54, 1.807) is 0 Å². The first-order valence-electron chi connectivity index (χ1n) is 38.8. The lowest BCUT2D eigenvalue weighted by atomic mass is 9.89. The summed E-state index contributed by atoms with van der Waals surface area (Å²) in [4.78, 5) is 136. The average molecular weight is 1730 g/mol. The van der Waals surface area contributed by atoms with Gasteiger partial charge in [-0.05, 0) is 120 Å². The van der Waals surface area contributed by atoms with Crippen molar-refractivity contribution >= 4 is 76.5 Å². The first-order valence-corrected chi connectivity index (χ1v) is 39.6. The van der Waals surface area contributed by atoms with E-state index in [0.29, 0.717) is 24.3 Å². The zero-order chi connectivity index (χ0) is 87.6. The minimum Gasteiger partial charge on any atom is -0.508 e. The van der Waals surface area contributed by atoms with Gasteiger partial charge >= 0.3 is 11.9 Å². The number of esters is 1. The van der Waals surface area contributed by atoms with E-state index in [9.17, 15) is 80.5 Å². The SMILES string of the molecule is CN[C@@H]1C(=O)N[C@@H]2Cc3ccc(cc3)Oc3cc4cc(c3O[C@@H]3O[C@H](C(=O)OC)[C@@H](O)[C@H](O)[C@H]3NC(=O)CCCCCCCC(C)C)Oc3ccc(cc3Cl)[C@@H](O)[C@@H]3NC(=O)[C@H](NC(=O)[C@@H]4NC(=O)[C@@H](NC2=O)c2cc(cc(O)c2Cl)Oc2cc1ccc2O)c1ccc(O)c(c1)-c1c(O[C@H]2O[C@H](CO)[C@@H](O)[C@H](O)[C@@H]2O)cc(O)cc1[C@@H](C(=O)O)NC3=O. The average Bonchev–Trinajstić information content (AvgIpc) is 0.757. The predicted molar refractivity (Wildman–Crippen MR) is 423 cm³/mol. The highest BCUT2D eigenvalue weighted by Crippen LogP contribution is 2.50. The molecule has 7 aromatic carbocycles. The number of carbonyl (C=O) groups is 9. The number of carboxylic acids is 1. The molecule has 39 heteroatoms. The first-order chi connectivity index (χ1) is 58.2. The lowest BCUT2D eigenvalue weighted by molar-refractivity contribution is -0.277. The molecule has 8 aliphatic rings. The summed E-state index contributed by atoms with van der Waals surface area (Å²) in [6, 6.07) is 4.78. The van der Waals surface area contributed by atoms with Gasteiger partial charge in [-0.25, -0.2) is 9.59 Å². The molecule has 8 aliphatic heterocycles. The number of aliphatic hydroxyl groups excluding tert-OH is 7. The van der Waals surface area contributed by atoms with Crippen LogP contribution in [0.15, 0.2) is 115 Å². The van der Waals surface area contributed by atoms with Crippen LogP contribution < -0.4 is 66.2 Å². The third-order valence-corrected chi connectivity index (χ3v) is 22.3. The van der Waals surface area contributed by atoms with Crippen LogP contribution in [-0.4, -0.2) is 209 Å². The van der Waals surface area contributed by atoms with Crippen molar-refractivity contribution in [3.8, 4) is 80.1 Å². The van der Waals surface area contributed by atoms with Gasteiger partial charge in [0.25, 0.3) is 0 Å². The van der Waals surface area contributed by atoms with E-state index in [4.69, 9.17) is 61.1 Å². The molecule has 0 aromatic heterocycles. The van der Waals surface area contributed by atoms with E-state index in [1.807, 2.05) is 0 Å². The van der Waals surface area contributed by atoms with Gasteiger partial charge in [-0.2, -0.15) is 0 Å². The molecule has 2 saturated heterocycles. The lowest BCUT2D eigenvalue weighted by Gasteiger charge is -2.41. The lowest BCUT2D eigenvalue weighted by Crippen LogP contribution is -2.66. The zero-order valence-corrected chi connectivity index (χ0v) is 66.9. The van der Waals surface area contributed by atoms with Gasteiger partial charge in [0, 0.05) is 47.2 Å². The second-order valence-electron chi connectivity index (χ2n) is 30.4.